The van der Waals surface area contributed by atoms with E-state index in [9.17, 15) is 14.7 Å². The lowest BCUT2D eigenvalue weighted by molar-refractivity contribution is -0.358. The van der Waals surface area contributed by atoms with Crippen LogP contribution in [0, 0.1) is 0 Å². The maximum atomic E-state index is 12.8. The molecule has 0 aliphatic rings. The van der Waals surface area contributed by atoms with E-state index in [0.29, 0.717) is 13.2 Å². The van der Waals surface area contributed by atoms with Gasteiger partial charge in [-0.3, -0.25) is 0 Å². The standard InChI is InChI=1S/C28H46O8/c1-5-8-10-12-16-20-32-25(33-21-17-13-11-9-6-2)22-35-28(4,34-7-3)36-27(31)24-19-15-14-18-23(24)26(29)30/h14-15,18-19,25H,5-13,16-17,20-22H2,1-4H3,(H,29,30). The molecule has 0 aliphatic carbocycles. The number of aromatic carboxylic acids is 1. The van der Waals surface area contributed by atoms with Crippen LogP contribution in [0.15, 0.2) is 24.3 Å². The highest BCUT2D eigenvalue weighted by Crippen LogP contribution is 2.21. The molecule has 0 aliphatic heterocycles. The highest BCUT2D eigenvalue weighted by molar-refractivity contribution is 6.02. The van der Waals surface area contributed by atoms with Crippen LogP contribution in [0.25, 0.3) is 0 Å². The predicted molar refractivity (Wildman–Crippen MR) is 138 cm³/mol. The second-order valence-corrected chi connectivity index (χ2v) is 8.85. The first-order valence-electron chi connectivity index (χ1n) is 13.4. The molecule has 0 heterocycles. The van der Waals surface area contributed by atoms with Crippen molar-refractivity contribution in [2.45, 2.75) is 104 Å². The molecule has 0 radical (unpaired) electrons. The molecule has 0 fully saturated rings. The Morgan fingerprint density at radius 1 is 0.806 bits per heavy atom. The van der Waals surface area contributed by atoms with Crippen molar-refractivity contribution in [2.75, 3.05) is 26.4 Å². The van der Waals surface area contributed by atoms with Crippen molar-refractivity contribution in [1.82, 2.24) is 0 Å². The topological polar surface area (TPSA) is 101 Å². The van der Waals surface area contributed by atoms with E-state index in [2.05, 4.69) is 13.8 Å². The monoisotopic (exact) mass is 510 g/mol. The van der Waals surface area contributed by atoms with E-state index < -0.39 is 24.2 Å². The SMILES string of the molecule is CCCCCCCOC(COC(C)(OCC)OC(=O)c1ccccc1C(=O)O)OCCCCCCC. The van der Waals surface area contributed by atoms with Crippen LogP contribution in [0.3, 0.4) is 0 Å². The average molecular weight is 511 g/mol. The first-order chi connectivity index (χ1) is 17.4. The molecule has 0 spiro atoms. The van der Waals surface area contributed by atoms with Crippen molar-refractivity contribution in [3.63, 3.8) is 0 Å². The smallest absolute Gasteiger partial charge is 0.343 e. The Kier molecular flexibility index (Phi) is 17.0. The van der Waals surface area contributed by atoms with Crippen molar-refractivity contribution in [1.29, 1.82) is 0 Å². The zero-order valence-corrected chi connectivity index (χ0v) is 22.6. The molecular formula is C28H46O8. The van der Waals surface area contributed by atoms with Gasteiger partial charge in [-0.15, -0.1) is 0 Å². The zero-order valence-electron chi connectivity index (χ0n) is 22.6. The minimum absolute atomic E-state index is 0.00568. The molecule has 0 aromatic heterocycles. The summed E-state index contributed by atoms with van der Waals surface area (Å²) in [5.41, 5.74) is -0.236. The molecule has 36 heavy (non-hydrogen) atoms. The molecule has 8 heteroatoms. The Hall–Kier alpha value is -2.00. The van der Waals surface area contributed by atoms with Crippen LogP contribution in [0.4, 0.5) is 0 Å². The van der Waals surface area contributed by atoms with Crippen molar-refractivity contribution in [3.05, 3.63) is 35.4 Å². The quantitative estimate of drug-likeness (QED) is 0.106. The molecule has 1 atom stereocenters. The second kappa shape index (κ2) is 19.2. The average Bonchev–Trinajstić information content (AvgIpc) is 2.86. The third-order valence-corrected chi connectivity index (χ3v) is 5.65. The van der Waals surface area contributed by atoms with Crippen molar-refractivity contribution < 1.29 is 38.4 Å². The van der Waals surface area contributed by atoms with E-state index in [4.69, 9.17) is 23.7 Å². The number of carbonyl (C=O) groups is 2. The lowest BCUT2D eigenvalue weighted by atomic mass is 10.1. The number of rotatable bonds is 22. The van der Waals surface area contributed by atoms with Crippen molar-refractivity contribution >= 4 is 11.9 Å². The van der Waals surface area contributed by atoms with Gasteiger partial charge in [0.2, 0.25) is 0 Å². The summed E-state index contributed by atoms with van der Waals surface area (Å²) in [6, 6.07) is 5.85. The van der Waals surface area contributed by atoms with E-state index in [1.165, 1.54) is 57.6 Å². The first-order valence-corrected chi connectivity index (χ1v) is 13.4. The van der Waals surface area contributed by atoms with E-state index in [0.717, 1.165) is 25.7 Å². The molecule has 0 saturated heterocycles. The highest BCUT2D eigenvalue weighted by atomic mass is 16.9. The van der Waals surface area contributed by atoms with E-state index in [-0.39, 0.29) is 24.3 Å². The van der Waals surface area contributed by atoms with Gasteiger partial charge in [0, 0.05) is 20.1 Å². The number of carbonyl (C=O) groups excluding carboxylic acids is 1. The molecule has 206 valence electrons. The Morgan fingerprint density at radius 2 is 1.33 bits per heavy atom. The first kappa shape index (κ1) is 32.0. The number of unbranched alkanes of at least 4 members (excludes halogenated alkanes) is 8. The summed E-state index contributed by atoms with van der Waals surface area (Å²) in [5, 5.41) is 9.39. The Balaban J connectivity index is 2.74. The normalized spacial score (nSPS) is 13.0. The third-order valence-electron chi connectivity index (χ3n) is 5.65. The van der Waals surface area contributed by atoms with Crippen LogP contribution >= 0.6 is 0 Å². The minimum atomic E-state index is -1.73. The van der Waals surface area contributed by atoms with Crippen LogP contribution in [-0.2, 0) is 23.7 Å². The van der Waals surface area contributed by atoms with Crippen LogP contribution in [0.2, 0.25) is 0 Å². The van der Waals surface area contributed by atoms with E-state index in [1.807, 2.05) is 0 Å². The second-order valence-electron chi connectivity index (χ2n) is 8.85. The molecule has 0 saturated carbocycles. The summed E-state index contributed by atoms with van der Waals surface area (Å²) in [4.78, 5) is 24.3. The Labute approximate surface area is 216 Å². The van der Waals surface area contributed by atoms with Gasteiger partial charge >= 0.3 is 17.9 Å². The Bertz CT molecular complexity index is 722. The van der Waals surface area contributed by atoms with Crippen LogP contribution < -0.4 is 0 Å². The van der Waals surface area contributed by atoms with Crippen LogP contribution in [0.5, 0.6) is 0 Å². The summed E-state index contributed by atoms with van der Waals surface area (Å²) < 4.78 is 28.8. The van der Waals surface area contributed by atoms with Gasteiger partial charge in [-0.05, 0) is 31.9 Å². The van der Waals surface area contributed by atoms with Gasteiger partial charge < -0.3 is 28.8 Å². The summed E-state index contributed by atoms with van der Waals surface area (Å²) in [5.74, 6) is -3.81. The minimum Gasteiger partial charge on any atom is -0.478 e. The van der Waals surface area contributed by atoms with Gasteiger partial charge in [-0.25, -0.2) is 9.59 Å². The Morgan fingerprint density at radius 3 is 1.83 bits per heavy atom. The molecule has 1 rings (SSSR count). The fourth-order valence-electron chi connectivity index (χ4n) is 3.64. The van der Waals surface area contributed by atoms with Crippen LogP contribution in [-0.4, -0.2) is 55.7 Å². The number of ether oxygens (including phenoxy) is 5. The maximum absolute atomic E-state index is 12.8. The van der Waals surface area contributed by atoms with Crippen LogP contribution in [0.1, 0.15) is 113 Å². The molecular weight excluding hydrogens is 464 g/mol. The number of hydrogen-bond acceptors (Lipinski definition) is 7. The molecule has 0 amide bonds. The fourth-order valence-corrected chi connectivity index (χ4v) is 3.64. The summed E-state index contributed by atoms with van der Waals surface area (Å²) >= 11 is 0. The van der Waals surface area contributed by atoms with Gasteiger partial charge in [0.15, 0.2) is 6.29 Å². The van der Waals surface area contributed by atoms with Gasteiger partial charge in [-0.1, -0.05) is 77.3 Å². The van der Waals surface area contributed by atoms with Gasteiger partial charge in [0.1, 0.15) is 6.61 Å². The molecule has 1 unspecified atom stereocenters. The lowest BCUT2D eigenvalue weighted by Crippen LogP contribution is -2.41. The lowest BCUT2D eigenvalue weighted by Gasteiger charge is -2.30. The molecule has 1 aromatic rings. The molecule has 1 aromatic carbocycles. The maximum Gasteiger partial charge on any atom is 0.343 e. The van der Waals surface area contributed by atoms with Gasteiger partial charge in [0.25, 0.3) is 0 Å². The number of esters is 1. The molecule has 1 N–H and O–H groups in total. The van der Waals surface area contributed by atoms with Gasteiger partial charge in [-0.2, -0.15) is 0 Å². The zero-order chi connectivity index (χ0) is 26.7. The van der Waals surface area contributed by atoms with Gasteiger partial charge in [0.05, 0.1) is 17.7 Å². The van der Waals surface area contributed by atoms with E-state index >= 15 is 0 Å². The predicted octanol–water partition coefficient (Wildman–Crippen LogP) is 6.57. The number of benzene rings is 1. The number of carboxylic acids is 1. The molecule has 8 nitrogen and oxygen atoms in total. The fraction of sp³-hybridized carbons (Fsp3) is 0.714. The van der Waals surface area contributed by atoms with E-state index in [1.54, 1.807) is 19.1 Å². The summed E-state index contributed by atoms with van der Waals surface area (Å²) in [6.45, 7) is 8.89. The number of carboxylic acid groups (broad SMARTS) is 1. The highest BCUT2D eigenvalue weighted by Gasteiger charge is 2.34. The molecule has 0 bridgehead atoms. The third kappa shape index (κ3) is 13.3. The summed E-state index contributed by atoms with van der Waals surface area (Å²) in [7, 11) is 0. The largest absolute Gasteiger partial charge is 0.478 e. The number of hydrogen-bond donors (Lipinski definition) is 1. The summed E-state index contributed by atoms with van der Waals surface area (Å²) in [6.07, 6.45) is 10.6. The van der Waals surface area contributed by atoms with Crippen molar-refractivity contribution in [3.8, 4) is 0 Å². The van der Waals surface area contributed by atoms with Crippen molar-refractivity contribution in [2.24, 2.45) is 0 Å².